The first-order valence-electron chi connectivity index (χ1n) is 16.9. The third-order valence-corrected chi connectivity index (χ3v) is 9.62. The predicted molar refractivity (Wildman–Crippen MR) is 205 cm³/mol. The molecule has 0 N–H and O–H groups in total. The first kappa shape index (κ1) is 29.1. The molecule has 9 rings (SSSR count). The third kappa shape index (κ3) is 4.89. The molecule has 0 atom stereocenters. The Kier molecular flexibility index (Phi) is 6.70. The monoisotopic (exact) mass is 633 g/mol. The van der Waals surface area contributed by atoms with E-state index < -0.39 is 0 Å². The Morgan fingerprint density at radius 1 is 0.429 bits per heavy atom. The zero-order chi connectivity index (χ0) is 33.1. The lowest BCUT2D eigenvalue weighted by molar-refractivity contribution is 0.573. The lowest BCUT2D eigenvalue weighted by atomic mass is 9.86. The van der Waals surface area contributed by atoms with Crippen LogP contribution in [-0.4, -0.2) is 0 Å². The maximum atomic E-state index is 6.72. The molecule has 236 valence electrons. The Bertz CT molecular complexity index is 2620. The van der Waals surface area contributed by atoms with E-state index in [0.29, 0.717) is 0 Å². The smallest absolute Gasteiger partial charge is 0.143 e. The largest absolute Gasteiger partial charge is 0.456 e. The Labute approximate surface area is 285 Å². The predicted octanol–water partition coefficient (Wildman–Crippen LogP) is 13.6. The molecule has 9 aromatic rings. The SMILES string of the molecule is CC(C)(C)c1cccc2c1oc1c(-c3ccc(N(c4ccc(-c5ccccc5)cc4)c4cccc5oc6ccccc6c45)cc3)cccc12. The second-order valence-electron chi connectivity index (χ2n) is 13.8. The molecule has 0 saturated carbocycles. The minimum absolute atomic E-state index is 0.0267. The van der Waals surface area contributed by atoms with E-state index in [9.17, 15) is 0 Å². The van der Waals surface area contributed by atoms with E-state index in [-0.39, 0.29) is 5.41 Å². The maximum absolute atomic E-state index is 6.72. The fourth-order valence-corrected chi connectivity index (χ4v) is 7.23. The van der Waals surface area contributed by atoms with Gasteiger partial charge in [0.2, 0.25) is 0 Å². The van der Waals surface area contributed by atoms with Gasteiger partial charge in [0.15, 0.2) is 0 Å². The first-order chi connectivity index (χ1) is 23.9. The molecule has 0 fully saturated rings. The molecule has 0 spiro atoms. The molecule has 0 amide bonds. The molecule has 0 aliphatic heterocycles. The molecule has 0 aliphatic carbocycles. The van der Waals surface area contributed by atoms with Crippen LogP contribution in [-0.2, 0) is 5.41 Å². The fourth-order valence-electron chi connectivity index (χ4n) is 7.23. The lowest BCUT2D eigenvalue weighted by Gasteiger charge is -2.26. The number of nitrogens with zero attached hydrogens (tertiary/aromatic N) is 1. The summed E-state index contributed by atoms with van der Waals surface area (Å²) in [5.74, 6) is 0. The van der Waals surface area contributed by atoms with Crippen LogP contribution in [0.5, 0.6) is 0 Å². The minimum atomic E-state index is -0.0267. The number of benzene rings is 7. The van der Waals surface area contributed by atoms with Gasteiger partial charge in [0, 0.05) is 38.7 Å². The second-order valence-corrected chi connectivity index (χ2v) is 13.8. The number of para-hydroxylation sites is 3. The van der Waals surface area contributed by atoms with Gasteiger partial charge < -0.3 is 13.7 Å². The topological polar surface area (TPSA) is 29.5 Å². The summed E-state index contributed by atoms with van der Waals surface area (Å²) in [5.41, 5.74) is 12.6. The Morgan fingerprint density at radius 2 is 1.00 bits per heavy atom. The molecule has 2 aromatic heterocycles. The molecular weight excluding hydrogens is 599 g/mol. The van der Waals surface area contributed by atoms with Crippen LogP contribution in [0.2, 0.25) is 0 Å². The van der Waals surface area contributed by atoms with E-state index in [1.165, 1.54) is 16.7 Å². The summed E-state index contributed by atoms with van der Waals surface area (Å²) in [6.07, 6.45) is 0. The van der Waals surface area contributed by atoms with E-state index in [1.807, 2.05) is 12.1 Å². The number of furan rings is 2. The number of anilines is 3. The highest BCUT2D eigenvalue weighted by atomic mass is 16.3. The average molecular weight is 634 g/mol. The molecule has 3 nitrogen and oxygen atoms in total. The van der Waals surface area contributed by atoms with E-state index in [1.54, 1.807) is 0 Å². The highest BCUT2D eigenvalue weighted by Gasteiger charge is 2.23. The molecule has 2 heterocycles. The number of fused-ring (bicyclic) bond motifs is 6. The van der Waals surface area contributed by atoms with Crippen molar-refractivity contribution in [3.63, 3.8) is 0 Å². The van der Waals surface area contributed by atoms with Crippen LogP contribution in [0.3, 0.4) is 0 Å². The zero-order valence-corrected chi connectivity index (χ0v) is 27.8. The average Bonchev–Trinajstić information content (AvgIpc) is 3.71. The number of rotatable bonds is 5. The third-order valence-electron chi connectivity index (χ3n) is 9.62. The Hall–Kier alpha value is -6.06. The van der Waals surface area contributed by atoms with Crippen LogP contribution in [0, 0.1) is 0 Å². The Morgan fingerprint density at radius 3 is 1.73 bits per heavy atom. The first-order valence-corrected chi connectivity index (χ1v) is 16.9. The van der Waals surface area contributed by atoms with Gasteiger partial charge in [0.05, 0.1) is 11.1 Å². The number of hydrogen-bond acceptors (Lipinski definition) is 3. The van der Waals surface area contributed by atoms with Crippen molar-refractivity contribution >= 4 is 60.9 Å². The molecule has 49 heavy (non-hydrogen) atoms. The quantitative estimate of drug-likeness (QED) is 0.189. The summed E-state index contributed by atoms with van der Waals surface area (Å²) < 4.78 is 13.0. The van der Waals surface area contributed by atoms with Gasteiger partial charge in [-0.15, -0.1) is 0 Å². The summed E-state index contributed by atoms with van der Waals surface area (Å²) in [5, 5.41) is 4.49. The van der Waals surface area contributed by atoms with Gasteiger partial charge in [-0.2, -0.15) is 0 Å². The van der Waals surface area contributed by atoms with E-state index in [0.717, 1.165) is 72.1 Å². The molecule has 0 unspecified atom stereocenters. The van der Waals surface area contributed by atoms with Gasteiger partial charge in [-0.05, 0) is 64.6 Å². The molecule has 7 aromatic carbocycles. The van der Waals surface area contributed by atoms with Gasteiger partial charge in [0.25, 0.3) is 0 Å². The van der Waals surface area contributed by atoms with Crippen LogP contribution in [0.25, 0.3) is 66.1 Å². The van der Waals surface area contributed by atoms with E-state index >= 15 is 0 Å². The molecular formula is C46H35NO2. The molecule has 0 bridgehead atoms. The summed E-state index contributed by atoms with van der Waals surface area (Å²) in [6.45, 7) is 6.72. The van der Waals surface area contributed by atoms with Crippen LogP contribution in [0.15, 0.2) is 167 Å². The normalized spacial score (nSPS) is 12.0. The van der Waals surface area contributed by atoms with Crippen molar-refractivity contribution in [2.45, 2.75) is 26.2 Å². The second kappa shape index (κ2) is 11.3. The standard InChI is InChI=1S/C46H35NO2/c1-46(2,3)39-18-10-17-37-36-16-9-15-35(44(36)49-45(37)39)32-24-28-34(29-25-32)47(33-26-22-31(23-27-33)30-12-5-4-6-13-30)40-19-11-21-42-43(40)38-14-7-8-20-41(38)48-42/h4-29H,1-3H3. The zero-order valence-electron chi connectivity index (χ0n) is 27.8. The maximum Gasteiger partial charge on any atom is 0.143 e. The molecule has 0 saturated heterocycles. The van der Waals surface area contributed by atoms with Gasteiger partial charge in [-0.25, -0.2) is 0 Å². The van der Waals surface area contributed by atoms with Crippen molar-refractivity contribution in [3.8, 4) is 22.3 Å². The van der Waals surface area contributed by atoms with Crippen molar-refractivity contribution in [2.24, 2.45) is 0 Å². The summed E-state index contributed by atoms with van der Waals surface area (Å²) in [6, 6.07) is 55.7. The molecule has 0 aliphatic rings. The van der Waals surface area contributed by atoms with E-state index in [4.69, 9.17) is 8.83 Å². The molecule has 3 heteroatoms. The number of hydrogen-bond donors (Lipinski definition) is 0. The fraction of sp³-hybridized carbons (Fsp3) is 0.0870. The minimum Gasteiger partial charge on any atom is -0.456 e. The summed E-state index contributed by atoms with van der Waals surface area (Å²) >= 11 is 0. The van der Waals surface area contributed by atoms with Crippen LogP contribution >= 0.6 is 0 Å². The summed E-state index contributed by atoms with van der Waals surface area (Å²) in [7, 11) is 0. The van der Waals surface area contributed by atoms with E-state index in [2.05, 4.69) is 171 Å². The summed E-state index contributed by atoms with van der Waals surface area (Å²) in [4.78, 5) is 2.33. The van der Waals surface area contributed by atoms with Crippen molar-refractivity contribution in [1.29, 1.82) is 0 Å². The highest BCUT2D eigenvalue weighted by Crippen LogP contribution is 2.44. The van der Waals surface area contributed by atoms with Gasteiger partial charge >= 0.3 is 0 Å². The van der Waals surface area contributed by atoms with Gasteiger partial charge in [-0.1, -0.05) is 136 Å². The van der Waals surface area contributed by atoms with Gasteiger partial charge in [0.1, 0.15) is 22.3 Å². The molecule has 0 radical (unpaired) electrons. The Balaban J connectivity index is 1.19. The van der Waals surface area contributed by atoms with Crippen LogP contribution in [0.1, 0.15) is 26.3 Å². The lowest BCUT2D eigenvalue weighted by Crippen LogP contribution is -2.10. The van der Waals surface area contributed by atoms with Crippen LogP contribution < -0.4 is 4.90 Å². The highest BCUT2D eigenvalue weighted by molar-refractivity contribution is 6.14. The van der Waals surface area contributed by atoms with Gasteiger partial charge in [-0.3, -0.25) is 0 Å². The van der Waals surface area contributed by atoms with Crippen molar-refractivity contribution in [3.05, 3.63) is 163 Å². The van der Waals surface area contributed by atoms with Crippen molar-refractivity contribution < 1.29 is 8.83 Å². The van der Waals surface area contributed by atoms with Crippen molar-refractivity contribution in [1.82, 2.24) is 0 Å². The van der Waals surface area contributed by atoms with Crippen LogP contribution in [0.4, 0.5) is 17.1 Å². The van der Waals surface area contributed by atoms with Crippen molar-refractivity contribution in [2.75, 3.05) is 4.90 Å².